The van der Waals surface area contributed by atoms with Crippen LogP contribution in [0.4, 0.5) is 0 Å². The molecule has 1 fully saturated rings. The van der Waals surface area contributed by atoms with Crippen molar-refractivity contribution in [2.45, 2.75) is 30.8 Å². The molecule has 2 heteroatoms. The second-order valence-electron chi connectivity index (χ2n) is 4.77. The summed E-state index contributed by atoms with van der Waals surface area (Å²) in [5.41, 5.74) is 0.837. The molecule has 1 saturated heterocycles. The summed E-state index contributed by atoms with van der Waals surface area (Å²) in [6, 6.07) is 13.2. The Bertz CT molecular complexity index is 446. The van der Waals surface area contributed by atoms with Crippen molar-refractivity contribution < 1.29 is 0 Å². The second-order valence-corrected chi connectivity index (χ2v) is 4.77. The van der Waals surface area contributed by atoms with Crippen LogP contribution in [0.25, 0.3) is 0 Å². The summed E-state index contributed by atoms with van der Waals surface area (Å²) in [6.07, 6.45) is 2.56. The Morgan fingerprint density at radius 3 is 2.65 bits per heavy atom. The molecule has 1 heterocycles. The topological polar surface area (TPSA) is 27.0 Å². The minimum Gasteiger partial charge on any atom is -0.284 e. The minimum absolute atomic E-state index is 0.275. The van der Waals surface area contributed by atoms with Gasteiger partial charge < -0.3 is 0 Å². The highest BCUT2D eigenvalue weighted by Crippen LogP contribution is 2.49. The van der Waals surface area contributed by atoms with Gasteiger partial charge in [0.15, 0.2) is 0 Å². The SMILES string of the molecule is C=CCC1(C#N)C(c2ccccc2)C(C)N1C. The quantitative estimate of drug-likeness (QED) is 0.741. The fourth-order valence-corrected chi connectivity index (χ4v) is 3.02. The summed E-state index contributed by atoms with van der Waals surface area (Å²) in [5, 5.41) is 9.55. The number of nitriles is 1. The maximum absolute atomic E-state index is 9.55. The van der Waals surface area contributed by atoms with Gasteiger partial charge in [0.25, 0.3) is 0 Å². The van der Waals surface area contributed by atoms with E-state index in [1.54, 1.807) is 0 Å². The Kier molecular flexibility index (Phi) is 3.04. The fourth-order valence-electron chi connectivity index (χ4n) is 3.02. The van der Waals surface area contributed by atoms with E-state index in [0.717, 1.165) is 0 Å². The zero-order valence-corrected chi connectivity index (χ0v) is 10.4. The lowest BCUT2D eigenvalue weighted by atomic mass is 9.65. The first kappa shape index (κ1) is 11.9. The molecule has 0 aliphatic carbocycles. The van der Waals surface area contributed by atoms with E-state index in [1.165, 1.54) is 5.56 Å². The van der Waals surface area contributed by atoms with Gasteiger partial charge in [-0.15, -0.1) is 6.58 Å². The molecular formula is C15H18N2. The first-order valence-corrected chi connectivity index (χ1v) is 5.97. The maximum Gasteiger partial charge on any atom is 0.121 e. The van der Waals surface area contributed by atoms with Crippen LogP contribution in [-0.4, -0.2) is 23.5 Å². The van der Waals surface area contributed by atoms with Gasteiger partial charge in [-0.25, -0.2) is 0 Å². The van der Waals surface area contributed by atoms with Gasteiger partial charge in [0, 0.05) is 12.0 Å². The molecule has 88 valence electrons. The molecule has 1 aliphatic heterocycles. The number of nitrogens with zero attached hydrogens (tertiary/aromatic N) is 2. The van der Waals surface area contributed by atoms with Gasteiger partial charge in [0.05, 0.1) is 6.07 Å². The molecule has 3 atom stereocenters. The lowest BCUT2D eigenvalue weighted by Crippen LogP contribution is -2.68. The van der Waals surface area contributed by atoms with Crippen LogP contribution in [-0.2, 0) is 0 Å². The zero-order chi connectivity index (χ0) is 12.5. The lowest BCUT2D eigenvalue weighted by Gasteiger charge is -2.58. The van der Waals surface area contributed by atoms with E-state index in [4.69, 9.17) is 0 Å². The summed E-state index contributed by atoms with van der Waals surface area (Å²) in [4.78, 5) is 2.16. The maximum atomic E-state index is 9.55. The van der Waals surface area contributed by atoms with Crippen molar-refractivity contribution in [3.8, 4) is 6.07 Å². The van der Waals surface area contributed by atoms with Crippen molar-refractivity contribution in [3.63, 3.8) is 0 Å². The van der Waals surface area contributed by atoms with Gasteiger partial charge in [-0.3, -0.25) is 4.90 Å². The third-order valence-electron chi connectivity index (χ3n) is 4.05. The third-order valence-corrected chi connectivity index (χ3v) is 4.05. The van der Waals surface area contributed by atoms with Crippen LogP contribution in [0.5, 0.6) is 0 Å². The van der Waals surface area contributed by atoms with Gasteiger partial charge in [0.1, 0.15) is 5.54 Å². The Morgan fingerprint density at radius 1 is 1.47 bits per heavy atom. The number of likely N-dealkylation sites (tertiary alicyclic amines) is 1. The summed E-state index contributed by atoms with van der Waals surface area (Å²) < 4.78 is 0. The summed E-state index contributed by atoms with van der Waals surface area (Å²) in [6.45, 7) is 5.96. The summed E-state index contributed by atoms with van der Waals surface area (Å²) in [5.74, 6) is 0.275. The van der Waals surface area contributed by atoms with Crippen LogP contribution in [0.1, 0.15) is 24.8 Å². The van der Waals surface area contributed by atoms with E-state index in [1.807, 2.05) is 31.3 Å². The molecule has 1 aliphatic rings. The van der Waals surface area contributed by atoms with Gasteiger partial charge in [-0.1, -0.05) is 36.4 Å². The molecule has 0 N–H and O–H groups in total. The lowest BCUT2D eigenvalue weighted by molar-refractivity contribution is -0.0297. The van der Waals surface area contributed by atoms with E-state index >= 15 is 0 Å². The number of hydrogen-bond acceptors (Lipinski definition) is 2. The predicted octanol–water partition coefficient (Wildman–Crippen LogP) is 2.94. The van der Waals surface area contributed by atoms with E-state index < -0.39 is 5.54 Å². The average molecular weight is 226 g/mol. The van der Waals surface area contributed by atoms with E-state index in [-0.39, 0.29) is 5.92 Å². The Morgan fingerprint density at radius 2 is 2.12 bits per heavy atom. The first-order chi connectivity index (χ1) is 8.17. The van der Waals surface area contributed by atoms with Crippen molar-refractivity contribution >= 4 is 0 Å². The Hall–Kier alpha value is -1.59. The molecule has 0 saturated carbocycles. The molecule has 0 amide bonds. The normalized spacial score (nSPS) is 32.5. The number of rotatable bonds is 3. The van der Waals surface area contributed by atoms with Crippen molar-refractivity contribution in [2.75, 3.05) is 7.05 Å². The van der Waals surface area contributed by atoms with Crippen molar-refractivity contribution in [3.05, 3.63) is 48.6 Å². The summed E-state index contributed by atoms with van der Waals surface area (Å²) >= 11 is 0. The molecule has 0 bridgehead atoms. The van der Waals surface area contributed by atoms with Crippen LogP contribution in [0.3, 0.4) is 0 Å². The Balaban J connectivity index is 2.39. The number of likely N-dealkylation sites (N-methyl/N-ethyl adjacent to an activating group) is 1. The molecular weight excluding hydrogens is 208 g/mol. The van der Waals surface area contributed by atoms with Gasteiger partial charge in [-0.05, 0) is 26.0 Å². The molecule has 2 nitrogen and oxygen atoms in total. The smallest absolute Gasteiger partial charge is 0.121 e. The van der Waals surface area contributed by atoms with Crippen LogP contribution < -0.4 is 0 Å². The molecule has 0 spiro atoms. The molecule has 2 rings (SSSR count). The van der Waals surface area contributed by atoms with Crippen LogP contribution >= 0.6 is 0 Å². The van der Waals surface area contributed by atoms with E-state index in [9.17, 15) is 5.26 Å². The van der Waals surface area contributed by atoms with E-state index in [0.29, 0.717) is 12.5 Å². The van der Waals surface area contributed by atoms with Gasteiger partial charge >= 0.3 is 0 Å². The van der Waals surface area contributed by atoms with Gasteiger partial charge in [0.2, 0.25) is 0 Å². The molecule has 0 aromatic heterocycles. The largest absolute Gasteiger partial charge is 0.284 e. The molecule has 1 aromatic rings. The van der Waals surface area contributed by atoms with E-state index in [2.05, 4.69) is 36.6 Å². The molecule has 0 radical (unpaired) electrons. The highest BCUT2D eigenvalue weighted by Gasteiger charge is 2.56. The Labute approximate surface area is 103 Å². The highest BCUT2D eigenvalue weighted by molar-refractivity contribution is 5.37. The molecule has 17 heavy (non-hydrogen) atoms. The standard InChI is InChI=1S/C15H18N2/c1-4-10-15(11-16)14(12(2)17(15)3)13-8-6-5-7-9-13/h4-9,12,14H,1,10H2,2-3H3. The fraction of sp³-hybridized carbons (Fsp3) is 0.400. The van der Waals surface area contributed by atoms with Gasteiger partial charge in [-0.2, -0.15) is 5.26 Å². The minimum atomic E-state index is -0.414. The second kappa shape index (κ2) is 4.35. The third kappa shape index (κ3) is 1.59. The first-order valence-electron chi connectivity index (χ1n) is 5.97. The zero-order valence-electron chi connectivity index (χ0n) is 10.4. The predicted molar refractivity (Wildman–Crippen MR) is 69.6 cm³/mol. The van der Waals surface area contributed by atoms with Crippen LogP contribution in [0.15, 0.2) is 43.0 Å². The monoisotopic (exact) mass is 226 g/mol. The van der Waals surface area contributed by atoms with Crippen LogP contribution in [0, 0.1) is 11.3 Å². The van der Waals surface area contributed by atoms with Crippen LogP contribution in [0.2, 0.25) is 0 Å². The number of hydrogen-bond donors (Lipinski definition) is 0. The van der Waals surface area contributed by atoms with Crippen molar-refractivity contribution in [2.24, 2.45) is 0 Å². The molecule has 1 aromatic carbocycles. The highest BCUT2D eigenvalue weighted by atomic mass is 15.3. The number of benzene rings is 1. The molecule has 3 unspecified atom stereocenters. The van der Waals surface area contributed by atoms with Crippen molar-refractivity contribution in [1.82, 2.24) is 4.90 Å². The van der Waals surface area contributed by atoms with Crippen molar-refractivity contribution in [1.29, 1.82) is 5.26 Å². The average Bonchev–Trinajstić information content (AvgIpc) is 2.38. The summed E-state index contributed by atoms with van der Waals surface area (Å²) in [7, 11) is 2.02.